The number of nitrogens with zero attached hydrogens (tertiary/aromatic N) is 4. The standard InChI is InChI=1S/C23H33N5/c1-3-20-6-4-5-15-28(20)23-24-14-11-22(26-23)25-19-7-9-21(10-8-19)27-16-12-18(2)13-17-27/h7-11,14,18,20H,3-6,12-13,15-17H2,1-2H3,(H,24,25,26). The summed E-state index contributed by atoms with van der Waals surface area (Å²) < 4.78 is 0. The molecular weight excluding hydrogens is 346 g/mol. The predicted octanol–water partition coefficient (Wildman–Crippen LogP) is 5.23. The van der Waals surface area contributed by atoms with Crippen LogP contribution in [0.1, 0.15) is 52.4 Å². The predicted molar refractivity (Wildman–Crippen MR) is 118 cm³/mol. The van der Waals surface area contributed by atoms with Crippen molar-refractivity contribution in [2.45, 2.75) is 58.4 Å². The molecule has 2 aliphatic rings. The zero-order valence-corrected chi connectivity index (χ0v) is 17.3. The Morgan fingerprint density at radius 1 is 1.00 bits per heavy atom. The molecule has 2 aromatic rings. The van der Waals surface area contributed by atoms with E-state index in [9.17, 15) is 0 Å². The lowest BCUT2D eigenvalue weighted by Crippen LogP contribution is -2.40. The number of hydrogen-bond acceptors (Lipinski definition) is 5. The molecule has 0 radical (unpaired) electrons. The number of anilines is 4. The van der Waals surface area contributed by atoms with Gasteiger partial charge < -0.3 is 15.1 Å². The van der Waals surface area contributed by atoms with Gasteiger partial charge in [0.1, 0.15) is 5.82 Å². The quantitative estimate of drug-likeness (QED) is 0.771. The van der Waals surface area contributed by atoms with Gasteiger partial charge in [-0.25, -0.2) is 4.98 Å². The van der Waals surface area contributed by atoms with Crippen LogP contribution in [0.4, 0.5) is 23.1 Å². The van der Waals surface area contributed by atoms with E-state index in [0.717, 1.165) is 49.4 Å². The molecule has 0 saturated carbocycles. The highest BCUT2D eigenvalue weighted by molar-refractivity contribution is 5.61. The molecule has 2 fully saturated rings. The first kappa shape index (κ1) is 19.0. The van der Waals surface area contributed by atoms with Gasteiger partial charge in [0.05, 0.1) is 0 Å². The summed E-state index contributed by atoms with van der Waals surface area (Å²) in [6.45, 7) is 8.00. The summed E-state index contributed by atoms with van der Waals surface area (Å²) in [5, 5.41) is 3.46. The van der Waals surface area contributed by atoms with Crippen LogP contribution in [0.5, 0.6) is 0 Å². The molecule has 0 amide bonds. The molecule has 1 aromatic heterocycles. The van der Waals surface area contributed by atoms with E-state index < -0.39 is 0 Å². The number of rotatable bonds is 5. The van der Waals surface area contributed by atoms with Gasteiger partial charge in [0.25, 0.3) is 0 Å². The topological polar surface area (TPSA) is 44.3 Å². The van der Waals surface area contributed by atoms with Gasteiger partial charge in [-0.1, -0.05) is 13.8 Å². The zero-order valence-electron chi connectivity index (χ0n) is 17.3. The van der Waals surface area contributed by atoms with Crippen molar-refractivity contribution in [2.75, 3.05) is 34.8 Å². The highest BCUT2D eigenvalue weighted by atomic mass is 15.3. The average Bonchev–Trinajstić information content (AvgIpc) is 2.75. The van der Waals surface area contributed by atoms with E-state index in [1.54, 1.807) is 0 Å². The summed E-state index contributed by atoms with van der Waals surface area (Å²) in [5.41, 5.74) is 2.39. The van der Waals surface area contributed by atoms with Crippen LogP contribution in [0.25, 0.3) is 0 Å². The van der Waals surface area contributed by atoms with Crippen molar-refractivity contribution < 1.29 is 0 Å². The molecule has 1 aromatic carbocycles. The summed E-state index contributed by atoms with van der Waals surface area (Å²) in [7, 11) is 0. The van der Waals surface area contributed by atoms with E-state index >= 15 is 0 Å². The van der Waals surface area contributed by atoms with Crippen LogP contribution in [-0.4, -0.2) is 35.6 Å². The second kappa shape index (κ2) is 8.80. The van der Waals surface area contributed by atoms with Crippen LogP contribution in [-0.2, 0) is 0 Å². The summed E-state index contributed by atoms with van der Waals surface area (Å²) in [5.74, 6) is 2.58. The normalized spacial score (nSPS) is 21.0. The number of aromatic nitrogens is 2. The maximum absolute atomic E-state index is 4.80. The molecule has 2 aliphatic heterocycles. The van der Waals surface area contributed by atoms with E-state index in [1.807, 2.05) is 12.3 Å². The highest BCUT2D eigenvalue weighted by Gasteiger charge is 2.23. The van der Waals surface area contributed by atoms with E-state index in [0.29, 0.717) is 6.04 Å². The molecule has 1 N–H and O–H groups in total. The van der Waals surface area contributed by atoms with E-state index in [-0.39, 0.29) is 0 Å². The van der Waals surface area contributed by atoms with Gasteiger partial charge >= 0.3 is 0 Å². The second-order valence-electron chi connectivity index (χ2n) is 8.33. The Bertz CT molecular complexity index is 752. The van der Waals surface area contributed by atoms with E-state index in [4.69, 9.17) is 4.98 Å². The van der Waals surface area contributed by atoms with E-state index in [1.165, 1.54) is 37.8 Å². The monoisotopic (exact) mass is 379 g/mol. The van der Waals surface area contributed by atoms with Gasteiger partial charge in [-0.15, -0.1) is 0 Å². The third-order valence-electron chi connectivity index (χ3n) is 6.29. The van der Waals surface area contributed by atoms with Gasteiger partial charge in [0.15, 0.2) is 0 Å². The minimum Gasteiger partial charge on any atom is -0.372 e. The lowest BCUT2D eigenvalue weighted by Gasteiger charge is -2.35. The van der Waals surface area contributed by atoms with Gasteiger partial charge in [-0.05, 0) is 74.8 Å². The van der Waals surface area contributed by atoms with Crippen molar-refractivity contribution in [1.82, 2.24) is 9.97 Å². The Labute approximate surface area is 169 Å². The molecule has 4 rings (SSSR count). The first-order valence-corrected chi connectivity index (χ1v) is 10.9. The number of piperidine rings is 2. The van der Waals surface area contributed by atoms with Crippen molar-refractivity contribution >= 4 is 23.1 Å². The second-order valence-corrected chi connectivity index (χ2v) is 8.33. The molecule has 2 saturated heterocycles. The van der Waals surface area contributed by atoms with Crippen molar-refractivity contribution in [2.24, 2.45) is 5.92 Å². The van der Waals surface area contributed by atoms with Gasteiger partial charge in [0.2, 0.25) is 5.95 Å². The smallest absolute Gasteiger partial charge is 0.227 e. The Hall–Kier alpha value is -2.30. The Morgan fingerprint density at radius 3 is 2.54 bits per heavy atom. The fourth-order valence-corrected chi connectivity index (χ4v) is 4.41. The minimum absolute atomic E-state index is 0.565. The SMILES string of the molecule is CCC1CCCCN1c1nccc(Nc2ccc(N3CCC(C)CC3)cc2)n1. The van der Waals surface area contributed by atoms with Crippen LogP contribution in [0.2, 0.25) is 0 Å². The maximum atomic E-state index is 4.80. The molecule has 1 atom stereocenters. The van der Waals surface area contributed by atoms with E-state index in [2.05, 4.69) is 58.2 Å². The molecular formula is C23H33N5. The molecule has 0 aliphatic carbocycles. The van der Waals surface area contributed by atoms with Gasteiger partial charge in [-0.3, -0.25) is 0 Å². The lowest BCUT2D eigenvalue weighted by molar-refractivity contribution is 0.438. The zero-order chi connectivity index (χ0) is 19.3. The summed E-state index contributed by atoms with van der Waals surface area (Å²) in [4.78, 5) is 14.2. The molecule has 3 heterocycles. The average molecular weight is 380 g/mol. The summed E-state index contributed by atoms with van der Waals surface area (Å²) >= 11 is 0. The van der Waals surface area contributed by atoms with Crippen molar-refractivity contribution in [3.05, 3.63) is 36.5 Å². The fraction of sp³-hybridized carbons (Fsp3) is 0.565. The van der Waals surface area contributed by atoms with Crippen molar-refractivity contribution in [3.63, 3.8) is 0 Å². The highest BCUT2D eigenvalue weighted by Crippen LogP contribution is 2.27. The van der Waals surface area contributed by atoms with Crippen LogP contribution in [0.15, 0.2) is 36.5 Å². The molecule has 28 heavy (non-hydrogen) atoms. The Kier molecular flexibility index (Phi) is 5.98. The minimum atomic E-state index is 0.565. The lowest BCUT2D eigenvalue weighted by atomic mass is 9.99. The maximum Gasteiger partial charge on any atom is 0.227 e. The Morgan fingerprint density at radius 2 is 1.79 bits per heavy atom. The molecule has 0 bridgehead atoms. The fourth-order valence-electron chi connectivity index (χ4n) is 4.41. The van der Waals surface area contributed by atoms with Crippen LogP contribution >= 0.6 is 0 Å². The van der Waals surface area contributed by atoms with Crippen LogP contribution in [0, 0.1) is 5.92 Å². The van der Waals surface area contributed by atoms with Gasteiger partial charge in [0, 0.05) is 43.2 Å². The molecule has 0 spiro atoms. The number of benzene rings is 1. The molecule has 5 nitrogen and oxygen atoms in total. The Balaban J connectivity index is 1.43. The first-order valence-electron chi connectivity index (χ1n) is 10.9. The molecule has 150 valence electrons. The largest absolute Gasteiger partial charge is 0.372 e. The third-order valence-corrected chi connectivity index (χ3v) is 6.29. The molecule has 5 heteroatoms. The molecule has 1 unspecified atom stereocenters. The third kappa shape index (κ3) is 4.40. The van der Waals surface area contributed by atoms with Gasteiger partial charge in [-0.2, -0.15) is 4.98 Å². The van der Waals surface area contributed by atoms with Crippen molar-refractivity contribution in [1.29, 1.82) is 0 Å². The first-order chi connectivity index (χ1) is 13.7. The van der Waals surface area contributed by atoms with Crippen molar-refractivity contribution in [3.8, 4) is 0 Å². The number of hydrogen-bond donors (Lipinski definition) is 1. The van der Waals surface area contributed by atoms with Crippen LogP contribution in [0.3, 0.4) is 0 Å². The summed E-state index contributed by atoms with van der Waals surface area (Å²) in [6.07, 6.45) is 9.39. The summed E-state index contributed by atoms with van der Waals surface area (Å²) in [6, 6.07) is 11.3. The van der Waals surface area contributed by atoms with Crippen LogP contribution < -0.4 is 15.1 Å². The number of nitrogens with one attached hydrogen (secondary N) is 1.